The quantitative estimate of drug-likeness (QED) is 0.701. The summed E-state index contributed by atoms with van der Waals surface area (Å²) in [5.41, 5.74) is 2.97. The topological polar surface area (TPSA) is 9.23 Å². The number of hydrogen-bond acceptors (Lipinski definition) is 2. The van der Waals surface area contributed by atoms with Gasteiger partial charge in [0, 0.05) is 11.0 Å². The molecule has 1 atom stereocenters. The summed E-state index contributed by atoms with van der Waals surface area (Å²) in [6.45, 7) is 6.68. The molecule has 0 amide bonds. The van der Waals surface area contributed by atoms with E-state index in [2.05, 4.69) is 45.0 Å². The van der Waals surface area contributed by atoms with Crippen LogP contribution < -0.4 is 0 Å². The van der Waals surface area contributed by atoms with Gasteiger partial charge >= 0.3 is 0 Å². The summed E-state index contributed by atoms with van der Waals surface area (Å²) < 4.78 is 5.45. The molecule has 0 bridgehead atoms. The Morgan fingerprint density at radius 3 is 2.27 bits per heavy atom. The van der Waals surface area contributed by atoms with Gasteiger partial charge in [-0.25, -0.2) is 0 Å². The number of rotatable bonds is 1. The molecule has 1 aliphatic rings. The zero-order chi connectivity index (χ0) is 10.9. The Morgan fingerprint density at radius 1 is 1.13 bits per heavy atom. The fourth-order valence-corrected chi connectivity index (χ4v) is 2.25. The first-order valence-corrected chi connectivity index (χ1v) is 6.08. The van der Waals surface area contributed by atoms with Crippen LogP contribution in [0, 0.1) is 0 Å². The average molecular weight is 220 g/mol. The second kappa shape index (κ2) is 3.93. The normalized spacial score (nSPS) is 20.3. The van der Waals surface area contributed by atoms with Crippen molar-refractivity contribution in [3.63, 3.8) is 0 Å². The molecule has 0 aromatic heterocycles. The molecule has 1 unspecified atom stereocenters. The second-order valence-electron chi connectivity index (χ2n) is 4.75. The number of ether oxygens (including phenoxy) is 1. The van der Waals surface area contributed by atoms with E-state index >= 15 is 0 Å². The van der Waals surface area contributed by atoms with Crippen LogP contribution in [-0.4, -0.2) is 0 Å². The lowest BCUT2D eigenvalue weighted by molar-refractivity contribution is 0.235. The number of benzene rings is 1. The van der Waals surface area contributed by atoms with Crippen molar-refractivity contribution in [2.75, 3.05) is 0 Å². The highest BCUT2D eigenvalue weighted by molar-refractivity contribution is 8.02. The van der Waals surface area contributed by atoms with E-state index in [4.69, 9.17) is 4.74 Å². The van der Waals surface area contributed by atoms with E-state index in [0.717, 1.165) is 0 Å². The van der Waals surface area contributed by atoms with Gasteiger partial charge in [-0.3, -0.25) is 0 Å². The minimum absolute atomic E-state index is 0.152. The van der Waals surface area contributed by atoms with E-state index in [9.17, 15) is 0 Å². The number of thioether (sulfide) groups is 1. The van der Waals surface area contributed by atoms with Gasteiger partial charge in [0.15, 0.2) is 5.44 Å². The first-order valence-electron chi connectivity index (χ1n) is 5.14. The summed E-state index contributed by atoms with van der Waals surface area (Å²) in [4.78, 5) is 0. The maximum absolute atomic E-state index is 5.45. The fraction of sp³-hybridized carbons (Fsp3) is 0.385. The Labute approximate surface area is 95.5 Å². The van der Waals surface area contributed by atoms with Crippen molar-refractivity contribution >= 4 is 11.8 Å². The van der Waals surface area contributed by atoms with Crippen molar-refractivity contribution in [2.45, 2.75) is 31.6 Å². The molecule has 0 N–H and O–H groups in total. The third-order valence-electron chi connectivity index (χ3n) is 2.51. The fourth-order valence-electron chi connectivity index (χ4n) is 1.54. The lowest BCUT2D eigenvalue weighted by Gasteiger charge is -2.19. The Morgan fingerprint density at radius 2 is 1.80 bits per heavy atom. The van der Waals surface area contributed by atoms with E-state index < -0.39 is 0 Å². The molecule has 1 aliphatic heterocycles. The molecule has 2 heteroatoms. The summed E-state index contributed by atoms with van der Waals surface area (Å²) in [5, 5.41) is 1.99. The van der Waals surface area contributed by atoms with Crippen molar-refractivity contribution < 1.29 is 4.74 Å². The minimum Gasteiger partial charge on any atom is -0.482 e. The molecule has 1 aromatic rings. The van der Waals surface area contributed by atoms with Crippen LogP contribution in [-0.2, 0) is 10.2 Å². The van der Waals surface area contributed by atoms with Gasteiger partial charge < -0.3 is 4.74 Å². The largest absolute Gasteiger partial charge is 0.482 e. The van der Waals surface area contributed by atoms with Crippen LogP contribution in [0.3, 0.4) is 0 Å². The third-order valence-corrected chi connectivity index (χ3v) is 3.41. The van der Waals surface area contributed by atoms with Crippen molar-refractivity contribution in [1.29, 1.82) is 0 Å². The Balaban J connectivity index is 2.17. The van der Waals surface area contributed by atoms with E-state index in [1.54, 1.807) is 18.0 Å². The number of hydrogen-bond donors (Lipinski definition) is 0. The summed E-state index contributed by atoms with van der Waals surface area (Å²) in [6, 6.07) is 8.70. The highest BCUT2D eigenvalue weighted by Crippen LogP contribution is 2.36. The maximum atomic E-state index is 5.45. The van der Waals surface area contributed by atoms with Crippen LogP contribution in [0.5, 0.6) is 0 Å². The molecule has 80 valence electrons. The molecule has 0 radical (unpaired) electrons. The molecule has 0 fully saturated rings. The van der Waals surface area contributed by atoms with Gasteiger partial charge in [0.25, 0.3) is 0 Å². The van der Waals surface area contributed by atoms with E-state index in [1.807, 2.05) is 5.41 Å². The summed E-state index contributed by atoms with van der Waals surface area (Å²) in [7, 11) is 0. The first kappa shape index (κ1) is 10.6. The van der Waals surface area contributed by atoms with Crippen molar-refractivity contribution in [1.82, 2.24) is 0 Å². The third kappa shape index (κ3) is 2.37. The van der Waals surface area contributed by atoms with Crippen LogP contribution in [0.2, 0.25) is 0 Å². The van der Waals surface area contributed by atoms with Gasteiger partial charge in [-0.2, -0.15) is 0 Å². The van der Waals surface area contributed by atoms with E-state index in [-0.39, 0.29) is 10.9 Å². The van der Waals surface area contributed by atoms with Gasteiger partial charge in [-0.05, 0) is 11.0 Å². The van der Waals surface area contributed by atoms with E-state index in [0.29, 0.717) is 0 Å². The van der Waals surface area contributed by atoms with Crippen LogP contribution in [0.25, 0.3) is 0 Å². The minimum atomic E-state index is 0.152. The molecule has 0 saturated carbocycles. The van der Waals surface area contributed by atoms with Gasteiger partial charge in [-0.1, -0.05) is 56.8 Å². The highest BCUT2D eigenvalue weighted by Gasteiger charge is 2.17. The smallest absolute Gasteiger partial charge is 0.172 e. The predicted octanol–water partition coefficient (Wildman–Crippen LogP) is 4.22. The van der Waals surface area contributed by atoms with E-state index in [1.165, 1.54) is 11.1 Å². The van der Waals surface area contributed by atoms with Crippen LogP contribution >= 0.6 is 11.8 Å². The Kier molecular flexibility index (Phi) is 2.79. The SMILES string of the molecule is CC(C)(C)c1ccc(C2OC=CS2)cc1. The van der Waals surface area contributed by atoms with Gasteiger partial charge in [-0.15, -0.1) is 0 Å². The zero-order valence-corrected chi connectivity index (χ0v) is 10.2. The first-order chi connectivity index (χ1) is 7.07. The van der Waals surface area contributed by atoms with Gasteiger partial charge in [0.05, 0.1) is 6.26 Å². The molecule has 1 nitrogen and oxygen atoms in total. The molecule has 1 heterocycles. The van der Waals surface area contributed by atoms with Crippen molar-refractivity contribution in [2.24, 2.45) is 0 Å². The molecule has 0 aliphatic carbocycles. The maximum Gasteiger partial charge on any atom is 0.172 e. The van der Waals surface area contributed by atoms with Gasteiger partial charge in [0.2, 0.25) is 0 Å². The van der Waals surface area contributed by atoms with Crippen molar-refractivity contribution in [3.05, 3.63) is 47.1 Å². The standard InChI is InChI=1S/C13H16OS/c1-13(2,3)11-6-4-10(5-7-11)12-14-8-9-15-12/h4-9,12H,1-3H3. The summed E-state index contributed by atoms with van der Waals surface area (Å²) >= 11 is 1.71. The highest BCUT2D eigenvalue weighted by atomic mass is 32.2. The second-order valence-corrected chi connectivity index (χ2v) is 5.72. The van der Waals surface area contributed by atoms with Gasteiger partial charge in [0.1, 0.15) is 0 Å². The zero-order valence-electron chi connectivity index (χ0n) is 9.36. The predicted molar refractivity (Wildman–Crippen MR) is 65.7 cm³/mol. The van der Waals surface area contributed by atoms with Crippen LogP contribution in [0.4, 0.5) is 0 Å². The summed E-state index contributed by atoms with van der Waals surface area (Å²) in [6.07, 6.45) is 1.76. The van der Waals surface area contributed by atoms with Crippen molar-refractivity contribution in [3.8, 4) is 0 Å². The molecule has 0 spiro atoms. The molecular formula is C13H16OS. The lowest BCUT2D eigenvalue weighted by Crippen LogP contribution is -2.10. The monoisotopic (exact) mass is 220 g/mol. The molecule has 2 rings (SSSR count). The average Bonchev–Trinajstić information content (AvgIpc) is 2.69. The summed E-state index contributed by atoms with van der Waals surface area (Å²) in [5.74, 6) is 0. The Bertz CT molecular complexity index is 351. The molecule has 0 saturated heterocycles. The van der Waals surface area contributed by atoms with Crippen LogP contribution in [0.15, 0.2) is 35.9 Å². The lowest BCUT2D eigenvalue weighted by atomic mass is 9.87. The Hall–Kier alpha value is -0.890. The molecular weight excluding hydrogens is 204 g/mol. The van der Waals surface area contributed by atoms with Crippen LogP contribution in [0.1, 0.15) is 37.3 Å². The molecule has 1 aromatic carbocycles. The molecule has 15 heavy (non-hydrogen) atoms.